The number of ether oxygens (including phenoxy) is 1. The van der Waals surface area contributed by atoms with Crippen LogP contribution < -0.4 is 10.1 Å². The Labute approximate surface area is 116 Å². The van der Waals surface area contributed by atoms with Gasteiger partial charge < -0.3 is 15.2 Å². The Balaban J connectivity index is 2.09. The third-order valence-corrected chi connectivity index (χ3v) is 2.82. The molecule has 0 heterocycles. The first kappa shape index (κ1) is 13.7. The third kappa shape index (κ3) is 2.98. The molecule has 2 aromatic rings. The molecule has 102 valence electrons. The van der Waals surface area contributed by atoms with E-state index in [1.165, 1.54) is 25.3 Å². The van der Waals surface area contributed by atoms with E-state index in [9.17, 15) is 9.50 Å². The minimum Gasteiger partial charge on any atom is -0.504 e. The van der Waals surface area contributed by atoms with Crippen molar-refractivity contribution in [1.29, 1.82) is 5.26 Å². The van der Waals surface area contributed by atoms with E-state index in [0.29, 0.717) is 18.0 Å². The molecular formula is C15H13FN2O2. The first-order chi connectivity index (χ1) is 9.63. The van der Waals surface area contributed by atoms with Gasteiger partial charge in [0.25, 0.3) is 0 Å². The molecule has 0 radical (unpaired) electrons. The summed E-state index contributed by atoms with van der Waals surface area (Å²) in [4.78, 5) is 0. The van der Waals surface area contributed by atoms with Crippen molar-refractivity contribution in [2.75, 3.05) is 12.4 Å². The van der Waals surface area contributed by atoms with Crippen molar-refractivity contribution in [3.8, 4) is 17.6 Å². The first-order valence-corrected chi connectivity index (χ1v) is 5.93. The van der Waals surface area contributed by atoms with Gasteiger partial charge in [0.05, 0.1) is 24.4 Å². The number of aromatic hydroxyl groups is 1. The van der Waals surface area contributed by atoms with Crippen molar-refractivity contribution in [3.05, 3.63) is 53.3 Å². The highest BCUT2D eigenvalue weighted by Gasteiger charge is 2.05. The minimum absolute atomic E-state index is 0.0344. The highest BCUT2D eigenvalue weighted by atomic mass is 19.1. The number of nitrogens with one attached hydrogen (secondary N) is 1. The third-order valence-electron chi connectivity index (χ3n) is 2.82. The largest absolute Gasteiger partial charge is 0.504 e. The summed E-state index contributed by atoms with van der Waals surface area (Å²) in [6.07, 6.45) is 0. The molecule has 0 fully saturated rings. The molecule has 2 aromatic carbocycles. The van der Waals surface area contributed by atoms with Crippen LogP contribution in [-0.4, -0.2) is 12.2 Å². The van der Waals surface area contributed by atoms with E-state index in [4.69, 9.17) is 10.00 Å². The smallest absolute Gasteiger partial charge is 0.160 e. The molecule has 0 atom stereocenters. The van der Waals surface area contributed by atoms with E-state index < -0.39 is 5.82 Å². The lowest BCUT2D eigenvalue weighted by molar-refractivity contribution is 0.373. The Morgan fingerprint density at radius 3 is 2.70 bits per heavy atom. The Bertz CT molecular complexity index is 665. The van der Waals surface area contributed by atoms with Gasteiger partial charge in [0.1, 0.15) is 5.82 Å². The zero-order chi connectivity index (χ0) is 14.5. The SMILES string of the molecule is COc1ccc(CNc2ccc(C#N)cc2F)cc1O. The Hall–Kier alpha value is -2.74. The van der Waals surface area contributed by atoms with Gasteiger partial charge in [0.15, 0.2) is 11.5 Å². The van der Waals surface area contributed by atoms with Crippen LogP contribution in [0.5, 0.6) is 11.5 Å². The van der Waals surface area contributed by atoms with Crippen LogP contribution >= 0.6 is 0 Å². The van der Waals surface area contributed by atoms with Gasteiger partial charge in [-0.2, -0.15) is 5.26 Å². The average molecular weight is 272 g/mol. The predicted octanol–water partition coefficient (Wildman–Crippen LogP) is 3.02. The van der Waals surface area contributed by atoms with E-state index in [2.05, 4.69) is 5.32 Å². The van der Waals surface area contributed by atoms with Crippen LogP contribution in [0.15, 0.2) is 36.4 Å². The number of nitrogens with zero attached hydrogens (tertiary/aromatic N) is 1. The predicted molar refractivity (Wildman–Crippen MR) is 73.1 cm³/mol. The summed E-state index contributed by atoms with van der Waals surface area (Å²) in [7, 11) is 1.47. The maximum atomic E-state index is 13.7. The van der Waals surface area contributed by atoms with Crippen LogP contribution in [0, 0.1) is 17.1 Å². The summed E-state index contributed by atoms with van der Waals surface area (Å²) in [5.41, 5.74) is 1.36. The van der Waals surface area contributed by atoms with Crippen LogP contribution in [0.25, 0.3) is 0 Å². The molecule has 0 aliphatic heterocycles. The van der Waals surface area contributed by atoms with Crippen molar-refractivity contribution >= 4 is 5.69 Å². The van der Waals surface area contributed by atoms with Gasteiger partial charge in [-0.3, -0.25) is 0 Å². The number of methoxy groups -OCH3 is 1. The summed E-state index contributed by atoms with van der Waals surface area (Å²) in [5, 5.41) is 21.2. The van der Waals surface area contributed by atoms with Crippen LogP contribution in [0.4, 0.5) is 10.1 Å². The van der Waals surface area contributed by atoms with Gasteiger partial charge in [-0.05, 0) is 35.9 Å². The number of anilines is 1. The summed E-state index contributed by atoms with van der Waals surface area (Å²) < 4.78 is 18.6. The van der Waals surface area contributed by atoms with E-state index in [1.54, 1.807) is 18.2 Å². The molecule has 0 spiro atoms. The fraction of sp³-hybridized carbons (Fsp3) is 0.133. The fourth-order valence-electron chi connectivity index (χ4n) is 1.77. The minimum atomic E-state index is -0.484. The maximum absolute atomic E-state index is 13.7. The molecule has 0 saturated heterocycles. The number of phenolic OH excluding ortho intramolecular Hbond substituents is 1. The molecular weight excluding hydrogens is 259 g/mol. The molecule has 0 saturated carbocycles. The Morgan fingerprint density at radius 1 is 1.30 bits per heavy atom. The summed E-state index contributed by atoms with van der Waals surface area (Å²) >= 11 is 0. The van der Waals surface area contributed by atoms with Crippen LogP contribution in [0.3, 0.4) is 0 Å². The van der Waals surface area contributed by atoms with Gasteiger partial charge >= 0.3 is 0 Å². The summed E-state index contributed by atoms with van der Waals surface area (Å²) in [6.45, 7) is 0.348. The lowest BCUT2D eigenvalue weighted by atomic mass is 10.1. The van der Waals surface area contributed by atoms with Crippen LogP contribution in [-0.2, 0) is 6.54 Å². The maximum Gasteiger partial charge on any atom is 0.160 e. The standard InChI is InChI=1S/C15H13FN2O2/c1-20-15-5-3-11(7-14(15)19)9-18-13-4-2-10(8-17)6-12(13)16/h2-7,18-19H,9H2,1H3. The van der Waals surface area contributed by atoms with E-state index in [0.717, 1.165) is 5.56 Å². The molecule has 2 rings (SSSR count). The number of hydrogen-bond donors (Lipinski definition) is 2. The molecule has 0 aromatic heterocycles. The normalized spacial score (nSPS) is 9.85. The number of phenols is 1. The highest BCUT2D eigenvalue weighted by molar-refractivity contribution is 5.50. The van der Waals surface area contributed by atoms with Crippen molar-refractivity contribution < 1.29 is 14.2 Å². The van der Waals surface area contributed by atoms with Crippen molar-refractivity contribution in [3.63, 3.8) is 0 Å². The molecule has 5 heteroatoms. The van der Waals surface area contributed by atoms with E-state index in [1.807, 2.05) is 6.07 Å². The average Bonchev–Trinajstić information content (AvgIpc) is 2.46. The molecule has 2 N–H and O–H groups in total. The fourth-order valence-corrected chi connectivity index (χ4v) is 1.77. The molecule has 0 aliphatic carbocycles. The molecule has 20 heavy (non-hydrogen) atoms. The van der Waals surface area contributed by atoms with Crippen LogP contribution in [0.2, 0.25) is 0 Å². The van der Waals surface area contributed by atoms with Gasteiger partial charge in [-0.25, -0.2) is 4.39 Å². The van der Waals surface area contributed by atoms with E-state index in [-0.39, 0.29) is 11.3 Å². The highest BCUT2D eigenvalue weighted by Crippen LogP contribution is 2.26. The van der Waals surface area contributed by atoms with Gasteiger partial charge in [-0.1, -0.05) is 6.07 Å². The second-order valence-electron chi connectivity index (χ2n) is 4.17. The molecule has 0 bridgehead atoms. The number of nitriles is 1. The Kier molecular flexibility index (Phi) is 4.06. The van der Waals surface area contributed by atoms with Crippen molar-refractivity contribution in [2.45, 2.75) is 6.54 Å². The monoisotopic (exact) mass is 272 g/mol. The topological polar surface area (TPSA) is 65.3 Å². The molecule has 0 unspecified atom stereocenters. The number of rotatable bonds is 4. The van der Waals surface area contributed by atoms with Crippen LogP contribution in [0.1, 0.15) is 11.1 Å². The summed E-state index contributed by atoms with van der Waals surface area (Å²) in [5.74, 6) is -0.0628. The van der Waals surface area contributed by atoms with Crippen molar-refractivity contribution in [1.82, 2.24) is 0 Å². The Morgan fingerprint density at radius 2 is 2.10 bits per heavy atom. The second-order valence-corrected chi connectivity index (χ2v) is 4.17. The molecule has 4 nitrogen and oxygen atoms in total. The zero-order valence-corrected chi connectivity index (χ0v) is 10.9. The van der Waals surface area contributed by atoms with E-state index >= 15 is 0 Å². The lowest BCUT2D eigenvalue weighted by Crippen LogP contribution is -2.01. The second kappa shape index (κ2) is 5.93. The number of benzene rings is 2. The van der Waals surface area contributed by atoms with Gasteiger partial charge in [0, 0.05) is 6.54 Å². The molecule has 0 aliphatic rings. The molecule has 0 amide bonds. The number of hydrogen-bond acceptors (Lipinski definition) is 4. The lowest BCUT2D eigenvalue weighted by Gasteiger charge is -2.09. The summed E-state index contributed by atoms with van der Waals surface area (Å²) in [6, 6.07) is 11.1. The van der Waals surface area contributed by atoms with Crippen molar-refractivity contribution in [2.24, 2.45) is 0 Å². The zero-order valence-electron chi connectivity index (χ0n) is 10.9. The number of halogens is 1. The quantitative estimate of drug-likeness (QED) is 0.898. The first-order valence-electron chi connectivity index (χ1n) is 5.93. The van der Waals surface area contributed by atoms with Gasteiger partial charge in [-0.15, -0.1) is 0 Å². The van der Waals surface area contributed by atoms with Gasteiger partial charge in [0.2, 0.25) is 0 Å².